The number of aryl methyl sites for hydroxylation is 1. The predicted molar refractivity (Wildman–Crippen MR) is 67.1 cm³/mol. The van der Waals surface area contributed by atoms with Gasteiger partial charge in [0.1, 0.15) is 5.82 Å². The molecule has 1 fully saturated rings. The van der Waals surface area contributed by atoms with Gasteiger partial charge in [-0.2, -0.15) is 0 Å². The van der Waals surface area contributed by atoms with Crippen molar-refractivity contribution in [2.24, 2.45) is 0 Å². The molecule has 0 bridgehead atoms. The second-order valence-electron chi connectivity index (χ2n) is 4.12. The third-order valence-corrected chi connectivity index (χ3v) is 2.84. The topological polar surface area (TPSA) is 41.1 Å². The number of halogens is 2. The van der Waals surface area contributed by atoms with Gasteiger partial charge in [-0.15, -0.1) is 12.4 Å². The highest BCUT2D eigenvalue weighted by molar-refractivity contribution is 5.95. The Morgan fingerprint density at radius 3 is 2.94 bits per heavy atom. The summed E-state index contributed by atoms with van der Waals surface area (Å²) in [6, 6.07) is 4.43. The minimum atomic E-state index is -0.375. The van der Waals surface area contributed by atoms with Gasteiger partial charge in [-0.1, -0.05) is 6.07 Å². The van der Waals surface area contributed by atoms with E-state index in [1.165, 1.54) is 12.1 Å². The van der Waals surface area contributed by atoms with Crippen molar-refractivity contribution in [1.82, 2.24) is 10.6 Å². The molecule has 0 aromatic heterocycles. The molecular formula is C12H16ClFN2O. The van der Waals surface area contributed by atoms with E-state index in [1.54, 1.807) is 13.0 Å². The van der Waals surface area contributed by atoms with Crippen LogP contribution in [0.1, 0.15) is 22.3 Å². The van der Waals surface area contributed by atoms with E-state index in [2.05, 4.69) is 10.6 Å². The molecule has 0 radical (unpaired) electrons. The second kappa shape index (κ2) is 5.98. The van der Waals surface area contributed by atoms with Gasteiger partial charge in [0.2, 0.25) is 0 Å². The van der Waals surface area contributed by atoms with E-state index in [9.17, 15) is 9.18 Å². The van der Waals surface area contributed by atoms with Crippen LogP contribution in [0.2, 0.25) is 0 Å². The molecule has 1 amide bonds. The standard InChI is InChI=1S/C12H15FN2O.ClH/c1-8-2-3-9(13)6-11(8)12(16)15-10-4-5-14-7-10;/h2-3,6,10,14H,4-5,7H2,1H3,(H,15,16);1H. The van der Waals surface area contributed by atoms with Crippen LogP contribution in [0.15, 0.2) is 18.2 Å². The zero-order chi connectivity index (χ0) is 11.5. The van der Waals surface area contributed by atoms with Crippen molar-refractivity contribution < 1.29 is 9.18 Å². The van der Waals surface area contributed by atoms with Gasteiger partial charge in [0.15, 0.2) is 0 Å². The summed E-state index contributed by atoms with van der Waals surface area (Å²) in [5, 5.41) is 6.06. The molecule has 0 spiro atoms. The fourth-order valence-corrected chi connectivity index (χ4v) is 1.88. The number of hydrogen-bond donors (Lipinski definition) is 2. The maximum absolute atomic E-state index is 13.0. The highest BCUT2D eigenvalue weighted by Crippen LogP contribution is 2.11. The average molecular weight is 259 g/mol. The third kappa shape index (κ3) is 3.41. The monoisotopic (exact) mass is 258 g/mol. The number of nitrogens with one attached hydrogen (secondary N) is 2. The molecule has 1 heterocycles. The summed E-state index contributed by atoms with van der Waals surface area (Å²) in [6.07, 6.45) is 0.931. The molecule has 1 atom stereocenters. The summed E-state index contributed by atoms with van der Waals surface area (Å²) in [7, 11) is 0. The van der Waals surface area contributed by atoms with E-state index in [0.29, 0.717) is 5.56 Å². The molecule has 2 N–H and O–H groups in total. The van der Waals surface area contributed by atoms with Gasteiger partial charge in [0, 0.05) is 18.2 Å². The second-order valence-corrected chi connectivity index (χ2v) is 4.12. The van der Waals surface area contributed by atoms with Gasteiger partial charge >= 0.3 is 0 Å². The zero-order valence-electron chi connectivity index (χ0n) is 9.63. The Hall–Kier alpha value is -1.13. The van der Waals surface area contributed by atoms with E-state index in [1.807, 2.05) is 0 Å². The van der Waals surface area contributed by atoms with Gasteiger partial charge in [0.25, 0.3) is 5.91 Å². The first kappa shape index (κ1) is 13.9. The molecule has 3 nitrogen and oxygen atoms in total. The van der Waals surface area contributed by atoms with E-state index in [4.69, 9.17) is 0 Å². The van der Waals surface area contributed by atoms with Crippen LogP contribution >= 0.6 is 12.4 Å². The van der Waals surface area contributed by atoms with Crippen molar-refractivity contribution in [3.63, 3.8) is 0 Å². The lowest BCUT2D eigenvalue weighted by Gasteiger charge is -2.12. The number of carbonyl (C=O) groups is 1. The molecule has 0 aliphatic carbocycles. The molecule has 1 aromatic rings. The Kier molecular flexibility index (Phi) is 4.90. The van der Waals surface area contributed by atoms with Crippen molar-refractivity contribution in [2.75, 3.05) is 13.1 Å². The van der Waals surface area contributed by atoms with E-state index in [-0.39, 0.29) is 30.2 Å². The van der Waals surface area contributed by atoms with Gasteiger partial charge < -0.3 is 10.6 Å². The molecular weight excluding hydrogens is 243 g/mol. The predicted octanol–water partition coefficient (Wildman–Crippen LogP) is 1.65. The fourth-order valence-electron chi connectivity index (χ4n) is 1.88. The molecule has 1 aromatic carbocycles. The molecule has 94 valence electrons. The lowest BCUT2D eigenvalue weighted by molar-refractivity contribution is 0.0939. The first-order valence-corrected chi connectivity index (χ1v) is 5.44. The number of hydrogen-bond acceptors (Lipinski definition) is 2. The highest BCUT2D eigenvalue weighted by Gasteiger charge is 2.18. The number of amides is 1. The number of rotatable bonds is 2. The van der Waals surface area contributed by atoms with Gasteiger partial charge in [-0.05, 0) is 37.6 Å². The van der Waals surface area contributed by atoms with Crippen LogP contribution in [0.4, 0.5) is 4.39 Å². The van der Waals surface area contributed by atoms with Crippen LogP contribution in [-0.2, 0) is 0 Å². The number of carbonyl (C=O) groups excluding carboxylic acids is 1. The molecule has 1 saturated heterocycles. The molecule has 0 saturated carbocycles. The first-order valence-electron chi connectivity index (χ1n) is 5.44. The van der Waals surface area contributed by atoms with Crippen molar-refractivity contribution in [1.29, 1.82) is 0 Å². The van der Waals surface area contributed by atoms with E-state index < -0.39 is 0 Å². The number of benzene rings is 1. The van der Waals surface area contributed by atoms with Crippen LogP contribution in [0.5, 0.6) is 0 Å². The van der Waals surface area contributed by atoms with Crippen molar-refractivity contribution in [3.05, 3.63) is 35.1 Å². The average Bonchev–Trinajstić information content (AvgIpc) is 2.74. The Balaban J connectivity index is 0.00000144. The van der Waals surface area contributed by atoms with E-state index in [0.717, 1.165) is 25.1 Å². The summed E-state index contributed by atoms with van der Waals surface area (Å²) in [5.74, 6) is -0.564. The maximum atomic E-state index is 13.0. The van der Waals surface area contributed by atoms with Crippen molar-refractivity contribution >= 4 is 18.3 Å². The molecule has 2 rings (SSSR count). The minimum absolute atomic E-state index is 0. The Labute approximate surface area is 106 Å². The quantitative estimate of drug-likeness (QED) is 0.847. The van der Waals surface area contributed by atoms with Gasteiger partial charge in [-0.3, -0.25) is 4.79 Å². The van der Waals surface area contributed by atoms with Crippen LogP contribution < -0.4 is 10.6 Å². The fraction of sp³-hybridized carbons (Fsp3) is 0.417. The van der Waals surface area contributed by atoms with Crippen molar-refractivity contribution in [2.45, 2.75) is 19.4 Å². The normalized spacial score (nSPS) is 18.6. The van der Waals surface area contributed by atoms with Gasteiger partial charge in [0.05, 0.1) is 0 Å². The van der Waals surface area contributed by atoms with Crippen LogP contribution in [0, 0.1) is 12.7 Å². The summed E-state index contributed by atoms with van der Waals surface area (Å²) in [6.45, 7) is 3.52. The molecule has 5 heteroatoms. The first-order chi connectivity index (χ1) is 7.66. The third-order valence-electron chi connectivity index (χ3n) is 2.84. The van der Waals surface area contributed by atoms with Crippen LogP contribution in [-0.4, -0.2) is 25.0 Å². The molecule has 1 aliphatic heterocycles. The molecule has 1 aliphatic rings. The van der Waals surface area contributed by atoms with Gasteiger partial charge in [-0.25, -0.2) is 4.39 Å². The highest BCUT2D eigenvalue weighted by atomic mass is 35.5. The van der Waals surface area contributed by atoms with E-state index >= 15 is 0 Å². The lowest BCUT2D eigenvalue weighted by Crippen LogP contribution is -2.36. The smallest absolute Gasteiger partial charge is 0.251 e. The summed E-state index contributed by atoms with van der Waals surface area (Å²) in [4.78, 5) is 11.9. The summed E-state index contributed by atoms with van der Waals surface area (Å²) < 4.78 is 13.0. The van der Waals surface area contributed by atoms with Crippen LogP contribution in [0.25, 0.3) is 0 Å². The maximum Gasteiger partial charge on any atom is 0.251 e. The summed E-state index contributed by atoms with van der Waals surface area (Å²) in [5.41, 5.74) is 1.22. The Morgan fingerprint density at radius 2 is 2.29 bits per heavy atom. The molecule has 17 heavy (non-hydrogen) atoms. The van der Waals surface area contributed by atoms with Crippen LogP contribution in [0.3, 0.4) is 0 Å². The van der Waals surface area contributed by atoms with Crippen molar-refractivity contribution in [3.8, 4) is 0 Å². The minimum Gasteiger partial charge on any atom is -0.348 e. The lowest BCUT2D eigenvalue weighted by atomic mass is 10.1. The zero-order valence-corrected chi connectivity index (χ0v) is 10.4. The Bertz CT molecular complexity index is 405. The largest absolute Gasteiger partial charge is 0.348 e. The SMILES string of the molecule is Cc1ccc(F)cc1C(=O)NC1CCNC1.Cl. The Morgan fingerprint density at radius 1 is 1.53 bits per heavy atom. The summed E-state index contributed by atoms with van der Waals surface area (Å²) >= 11 is 0. The molecule has 1 unspecified atom stereocenters.